The van der Waals surface area contributed by atoms with Crippen LogP contribution in [0.4, 0.5) is 0 Å². The molecule has 0 spiro atoms. The molecular formula is C20H26O6. The van der Waals surface area contributed by atoms with Crippen molar-refractivity contribution in [2.75, 3.05) is 0 Å². The van der Waals surface area contributed by atoms with Crippen LogP contribution in [0.25, 0.3) is 0 Å². The summed E-state index contributed by atoms with van der Waals surface area (Å²) in [6.45, 7) is 13.6. The van der Waals surface area contributed by atoms with E-state index >= 15 is 0 Å². The monoisotopic (exact) mass is 362 g/mol. The Hall–Kier alpha value is -2.63. The molecule has 0 aromatic heterocycles. The maximum Gasteiger partial charge on any atom is 0.324 e. The van der Waals surface area contributed by atoms with E-state index in [4.69, 9.17) is 14.2 Å². The van der Waals surface area contributed by atoms with Gasteiger partial charge >= 0.3 is 17.9 Å². The van der Waals surface area contributed by atoms with Gasteiger partial charge in [0.15, 0.2) is 5.92 Å². The molecular weight excluding hydrogens is 336 g/mol. The molecule has 6 heteroatoms. The average Bonchev–Trinajstić information content (AvgIpc) is 2.52. The van der Waals surface area contributed by atoms with Crippen molar-refractivity contribution in [1.82, 2.24) is 0 Å². The van der Waals surface area contributed by atoms with Crippen LogP contribution in [0.5, 0.6) is 0 Å². The number of rotatable bonds is 8. The largest absolute Gasteiger partial charge is 0.458 e. The summed E-state index contributed by atoms with van der Waals surface area (Å²) < 4.78 is 15.5. The lowest BCUT2D eigenvalue weighted by Crippen LogP contribution is -2.48. The lowest BCUT2D eigenvalue weighted by molar-refractivity contribution is -0.241. The second-order valence-corrected chi connectivity index (χ2v) is 6.47. The highest BCUT2D eigenvalue weighted by atomic mass is 16.7. The Balaban J connectivity index is 2.84. The SMILES string of the molecule is C=C[C@H](/C=C/C=C/[C@H](OC(C)=O)[C@H](C)C=C)C1C(=O)OC(C)(C)OC1=O. The van der Waals surface area contributed by atoms with Crippen LogP contribution in [-0.2, 0) is 28.6 Å². The smallest absolute Gasteiger partial charge is 0.324 e. The van der Waals surface area contributed by atoms with Crippen molar-refractivity contribution in [2.45, 2.75) is 39.6 Å². The topological polar surface area (TPSA) is 78.9 Å². The molecule has 0 aromatic rings. The van der Waals surface area contributed by atoms with Crippen molar-refractivity contribution in [3.63, 3.8) is 0 Å². The van der Waals surface area contributed by atoms with E-state index < -0.39 is 41.6 Å². The van der Waals surface area contributed by atoms with Crippen LogP contribution in [-0.4, -0.2) is 29.8 Å². The van der Waals surface area contributed by atoms with E-state index in [1.54, 1.807) is 30.4 Å². The van der Waals surface area contributed by atoms with Crippen molar-refractivity contribution in [3.05, 3.63) is 49.6 Å². The third-order valence-corrected chi connectivity index (χ3v) is 3.79. The third kappa shape index (κ3) is 6.02. The first-order chi connectivity index (χ1) is 12.1. The quantitative estimate of drug-likeness (QED) is 0.286. The molecule has 6 nitrogen and oxygen atoms in total. The Morgan fingerprint density at radius 3 is 2.12 bits per heavy atom. The minimum Gasteiger partial charge on any atom is -0.458 e. The summed E-state index contributed by atoms with van der Waals surface area (Å²) in [5.41, 5.74) is 0. The van der Waals surface area contributed by atoms with E-state index in [-0.39, 0.29) is 5.92 Å². The van der Waals surface area contributed by atoms with Crippen LogP contribution in [0.15, 0.2) is 49.6 Å². The van der Waals surface area contributed by atoms with Gasteiger partial charge in [0.25, 0.3) is 5.79 Å². The van der Waals surface area contributed by atoms with Gasteiger partial charge in [-0.15, -0.1) is 13.2 Å². The van der Waals surface area contributed by atoms with Gasteiger partial charge in [-0.25, -0.2) is 0 Å². The minimum atomic E-state index is -1.27. The molecule has 0 amide bonds. The molecule has 0 N–H and O–H groups in total. The molecule has 0 saturated carbocycles. The Morgan fingerprint density at radius 1 is 1.12 bits per heavy atom. The summed E-state index contributed by atoms with van der Waals surface area (Å²) in [7, 11) is 0. The lowest BCUT2D eigenvalue weighted by Gasteiger charge is -2.34. The van der Waals surface area contributed by atoms with Gasteiger partial charge in [-0.2, -0.15) is 0 Å². The highest BCUT2D eigenvalue weighted by Gasteiger charge is 2.45. The number of carbonyl (C=O) groups excluding carboxylic acids is 3. The van der Waals surface area contributed by atoms with Crippen LogP contribution < -0.4 is 0 Å². The number of ether oxygens (including phenoxy) is 3. The predicted octanol–water partition coefficient (Wildman–Crippen LogP) is 3.11. The summed E-state index contributed by atoms with van der Waals surface area (Å²) in [4.78, 5) is 35.4. The normalized spacial score (nSPS) is 20.9. The lowest BCUT2D eigenvalue weighted by atomic mass is 9.91. The maximum atomic E-state index is 12.1. The van der Waals surface area contributed by atoms with E-state index in [9.17, 15) is 14.4 Å². The van der Waals surface area contributed by atoms with E-state index in [0.717, 1.165) is 0 Å². The summed E-state index contributed by atoms with van der Waals surface area (Å²) in [6, 6.07) is 0. The number of esters is 3. The van der Waals surface area contributed by atoms with Crippen LogP contribution >= 0.6 is 0 Å². The minimum absolute atomic E-state index is 0.0655. The number of hydrogen-bond donors (Lipinski definition) is 0. The van der Waals surface area contributed by atoms with Gasteiger partial charge in [-0.1, -0.05) is 37.3 Å². The first-order valence-corrected chi connectivity index (χ1v) is 8.34. The molecule has 1 heterocycles. The number of allylic oxidation sites excluding steroid dienone is 4. The molecule has 1 aliphatic rings. The highest BCUT2D eigenvalue weighted by molar-refractivity contribution is 5.97. The van der Waals surface area contributed by atoms with Crippen molar-refractivity contribution >= 4 is 17.9 Å². The predicted molar refractivity (Wildman–Crippen MR) is 96.6 cm³/mol. The van der Waals surface area contributed by atoms with Crippen LogP contribution in [0, 0.1) is 17.8 Å². The molecule has 0 radical (unpaired) electrons. The molecule has 0 unspecified atom stereocenters. The van der Waals surface area contributed by atoms with Crippen molar-refractivity contribution < 1.29 is 28.6 Å². The summed E-state index contributed by atoms with van der Waals surface area (Å²) >= 11 is 0. The molecule has 142 valence electrons. The fourth-order valence-corrected chi connectivity index (χ4v) is 2.38. The van der Waals surface area contributed by atoms with Gasteiger partial charge in [0.05, 0.1) is 0 Å². The van der Waals surface area contributed by atoms with Crippen LogP contribution in [0.1, 0.15) is 27.7 Å². The van der Waals surface area contributed by atoms with E-state index in [0.29, 0.717) is 0 Å². The summed E-state index contributed by atoms with van der Waals surface area (Å²) in [6.07, 6.45) is 9.37. The molecule has 0 bridgehead atoms. The standard InChI is InChI=1S/C20H26O6/c1-7-13(3)16(24-14(4)21)12-10-9-11-15(8-2)17-18(22)25-20(5,6)26-19(17)23/h7-13,15-17H,1-2H2,3-6H3/b11-9+,12-10+/t13-,15-,16+/m1/s1. The fourth-order valence-electron chi connectivity index (χ4n) is 2.38. The van der Waals surface area contributed by atoms with E-state index in [1.165, 1.54) is 26.8 Å². The molecule has 0 aliphatic carbocycles. The van der Waals surface area contributed by atoms with Gasteiger partial charge in [-0.3, -0.25) is 14.4 Å². The molecule has 0 aromatic carbocycles. The molecule has 1 saturated heterocycles. The van der Waals surface area contributed by atoms with Crippen molar-refractivity contribution in [3.8, 4) is 0 Å². The first kappa shape index (κ1) is 21.4. The third-order valence-electron chi connectivity index (χ3n) is 3.79. The molecule has 3 atom stereocenters. The Bertz CT molecular complexity index is 608. The first-order valence-electron chi connectivity index (χ1n) is 8.34. The van der Waals surface area contributed by atoms with Crippen molar-refractivity contribution in [1.29, 1.82) is 0 Å². The number of hydrogen-bond acceptors (Lipinski definition) is 6. The zero-order valence-corrected chi connectivity index (χ0v) is 15.6. The zero-order chi connectivity index (χ0) is 19.9. The summed E-state index contributed by atoms with van der Waals surface area (Å²) in [5, 5.41) is 0. The van der Waals surface area contributed by atoms with E-state index in [1.807, 2.05) is 6.92 Å². The van der Waals surface area contributed by atoms with Gasteiger partial charge in [0, 0.05) is 32.6 Å². The number of cyclic esters (lactones) is 2. The second-order valence-electron chi connectivity index (χ2n) is 6.47. The van der Waals surface area contributed by atoms with Crippen LogP contribution in [0.2, 0.25) is 0 Å². The molecule has 1 aliphatic heterocycles. The van der Waals surface area contributed by atoms with Gasteiger partial charge in [0.2, 0.25) is 0 Å². The number of carbonyl (C=O) groups is 3. The Kier molecular flexibility index (Phi) is 7.56. The van der Waals surface area contributed by atoms with E-state index in [2.05, 4.69) is 13.2 Å². The Labute approximate surface area is 154 Å². The maximum absolute atomic E-state index is 12.1. The second kappa shape index (κ2) is 9.17. The molecule has 1 rings (SSSR count). The summed E-state index contributed by atoms with van der Waals surface area (Å²) in [5.74, 6) is -4.70. The highest BCUT2D eigenvalue weighted by Crippen LogP contribution is 2.29. The molecule has 1 fully saturated rings. The Morgan fingerprint density at radius 2 is 1.65 bits per heavy atom. The van der Waals surface area contributed by atoms with Gasteiger partial charge in [-0.05, 0) is 6.08 Å². The van der Waals surface area contributed by atoms with Crippen molar-refractivity contribution in [2.24, 2.45) is 17.8 Å². The molecule has 26 heavy (non-hydrogen) atoms. The fraction of sp³-hybridized carbons (Fsp3) is 0.450. The zero-order valence-electron chi connectivity index (χ0n) is 15.6. The van der Waals surface area contributed by atoms with Crippen LogP contribution in [0.3, 0.4) is 0 Å². The van der Waals surface area contributed by atoms with Gasteiger partial charge < -0.3 is 14.2 Å². The van der Waals surface area contributed by atoms with Gasteiger partial charge in [0.1, 0.15) is 6.10 Å². The average molecular weight is 362 g/mol.